The van der Waals surface area contributed by atoms with Crippen LogP contribution in [0.4, 0.5) is 28.1 Å². The van der Waals surface area contributed by atoms with Crippen LogP contribution in [0.5, 0.6) is 5.75 Å². The van der Waals surface area contributed by atoms with E-state index in [2.05, 4.69) is 32.5 Å². The number of nitrogens with one attached hydrogen (secondary N) is 2. The fourth-order valence-corrected chi connectivity index (χ4v) is 2.61. The first kappa shape index (κ1) is 17.0. The zero-order valence-electron chi connectivity index (χ0n) is 13.9. The number of aromatic nitrogens is 3. The summed E-state index contributed by atoms with van der Waals surface area (Å²) in [5.74, 6) is 1.90. The standard InChI is InChI=1S/C17H20N6OS/c1-2-3-9-24-13-6-4-12(5-7-13)22-15-14(18)16(21-11-20-15)23-17-19-8-10-25-17/h4-8,10-11H,2-3,9,18H2,1H3,(H2,19,20,21,22,23). The van der Waals surface area contributed by atoms with Gasteiger partial charge >= 0.3 is 0 Å². The van der Waals surface area contributed by atoms with Gasteiger partial charge in [0.2, 0.25) is 0 Å². The molecule has 130 valence electrons. The molecule has 0 saturated carbocycles. The van der Waals surface area contributed by atoms with Gasteiger partial charge in [-0.25, -0.2) is 15.0 Å². The number of nitrogens with zero attached hydrogens (tertiary/aromatic N) is 3. The van der Waals surface area contributed by atoms with Crippen molar-refractivity contribution in [1.29, 1.82) is 0 Å². The van der Waals surface area contributed by atoms with Gasteiger partial charge in [0, 0.05) is 17.3 Å². The summed E-state index contributed by atoms with van der Waals surface area (Å²) < 4.78 is 5.66. The average Bonchev–Trinajstić information content (AvgIpc) is 3.13. The van der Waals surface area contributed by atoms with Crippen molar-refractivity contribution in [2.45, 2.75) is 19.8 Å². The lowest BCUT2D eigenvalue weighted by molar-refractivity contribution is 0.309. The summed E-state index contributed by atoms with van der Waals surface area (Å²) in [4.78, 5) is 12.5. The SMILES string of the molecule is CCCCOc1ccc(Nc2ncnc(Nc3nccs3)c2N)cc1. The van der Waals surface area contributed by atoms with Crippen LogP contribution in [0.25, 0.3) is 0 Å². The second-order valence-corrected chi connectivity index (χ2v) is 6.19. The van der Waals surface area contributed by atoms with Gasteiger partial charge in [-0.15, -0.1) is 11.3 Å². The zero-order valence-corrected chi connectivity index (χ0v) is 14.7. The molecule has 0 saturated heterocycles. The highest BCUT2D eigenvalue weighted by atomic mass is 32.1. The van der Waals surface area contributed by atoms with E-state index in [0.29, 0.717) is 17.3 Å². The number of ether oxygens (including phenoxy) is 1. The molecule has 0 aliphatic rings. The molecule has 2 heterocycles. The molecule has 0 fully saturated rings. The van der Waals surface area contributed by atoms with Gasteiger partial charge in [0.25, 0.3) is 0 Å². The molecule has 25 heavy (non-hydrogen) atoms. The molecule has 0 unspecified atom stereocenters. The first-order chi connectivity index (χ1) is 12.3. The molecular weight excluding hydrogens is 336 g/mol. The van der Waals surface area contributed by atoms with Gasteiger partial charge in [-0.1, -0.05) is 13.3 Å². The maximum absolute atomic E-state index is 6.16. The minimum atomic E-state index is 0.431. The van der Waals surface area contributed by atoms with Gasteiger partial charge in [-0.05, 0) is 30.7 Å². The van der Waals surface area contributed by atoms with Crippen molar-refractivity contribution in [3.8, 4) is 5.75 Å². The lowest BCUT2D eigenvalue weighted by Crippen LogP contribution is -2.05. The van der Waals surface area contributed by atoms with Crippen molar-refractivity contribution in [2.24, 2.45) is 0 Å². The first-order valence-corrected chi connectivity index (χ1v) is 8.91. The Morgan fingerprint density at radius 1 is 1.08 bits per heavy atom. The fourth-order valence-electron chi connectivity index (χ4n) is 2.09. The maximum atomic E-state index is 6.16. The quantitative estimate of drug-likeness (QED) is 0.521. The lowest BCUT2D eigenvalue weighted by Gasteiger charge is -2.12. The third-order valence-corrected chi connectivity index (χ3v) is 4.11. The molecule has 3 rings (SSSR count). The van der Waals surface area contributed by atoms with Gasteiger partial charge in [-0.3, -0.25) is 0 Å². The number of unbranched alkanes of at least 4 members (excludes halogenated alkanes) is 1. The molecule has 0 aliphatic carbocycles. The van der Waals surface area contributed by atoms with Crippen molar-refractivity contribution in [3.05, 3.63) is 42.2 Å². The Morgan fingerprint density at radius 3 is 2.52 bits per heavy atom. The van der Waals surface area contributed by atoms with Crippen molar-refractivity contribution in [2.75, 3.05) is 23.0 Å². The summed E-state index contributed by atoms with van der Waals surface area (Å²) in [6.07, 6.45) is 5.33. The molecular formula is C17H20N6OS. The van der Waals surface area contributed by atoms with Crippen molar-refractivity contribution in [3.63, 3.8) is 0 Å². The molecule has 1 aromatic carbocycles. The summed E-state index contributed by atoms with van der Waals surface area (Å²) in [5, 5.41) is 8.89. The second kappa shape index (κ2) is 8.29. The Hall–Kier alpha value is -2.87. The summed E-state index contributed by atoms with van der Waals surface area (Å²) in [7, 11) is 0. The zero-order chi connectivity index (χ0) is 17.5. The van der Waals surface area contributed by atoms with Gasteiger partial charge in [0.05, 0.1) is 6.61 Å². The smallest absolute Gasteiger partial charge is 0.188 e. The monoisotopic (exact) mass is 356 g/mol. The van der Waals surface area contributed by atoms with Crippen LogP contribution in [0, 0.1) is 0 Å². The molecule has 4 N–H and O–H groups in total. The highest BCUT2D eigenvalue weighted by Crippen LogP contribution is 2.29. The maximum Gasteiger partial charge on any atom is 0.188 e. The van der Waals surface area contributed by atoms with Crippen LogP contribution in [0.1, 0.15) is 19.8 Å². The molecule has 8 heteroatoms. The number of rotatable bonds is 8. The van der Waals surface area contributed by atoms with Crippen molar-refractivity contribution >= 4 is 39.5 Å². The predicted octanol–water partition coefficient (Wildman–Crippen LogP) is 4.18. The largest absolute Gasteiger partial charge is 0.494 e. The summed E-state index contributed by atoms with van der Waals surface area (Å²) in [6, 6.07) is 7.70. The van der Waals surface area contributed by atoms with Crippen LogP contribution in [0.15, 0.2) is 42.2 Å². The van der Waals surface area contributed by atoms with Gasteiger partial charge in [0.15, 0.2) is 16.8 Å². The van der Waals surface area contributed by atoms with E-state index < -0.39 is 0 Å². The summed E-state index contributed by atoms with van der Waals surface area (Å²) in [5.41, 5.74) is 7.46. The summed E-state index contributed by atoms with van der Waals surface area (Å²) in [6.45, 7) is 2.87. The Bertz CT molecular complexity index is 791. The predicted molar refractivity (Wildman–Crippen MR) is 102 cm³/mol. The van der Waals surface area contributed by atoms with Crippen molar-refractivity contribution in [1.82, 2.24) is 15.0 Å². The third kappa shape index (κ3) is 4.57. The van der Waals surface area contributed by atoms with E-state index in [0.717, 1.165) is 36.0 Å². The van der Waals surface area contributed by atoms with E-state index >= 15 is 0 Å². The van der Waals surface area contributed by atoms with Crippen LogP contribution in [-0.4, -0.2) is 21.6 Å². The highest BCUT2D eigenvalue weighted by Gasteiger charge is 2.09. The normalized spacial score (nSPS) is 10.4. The molecule has 0 amide bonds. The molecule has 0 bridgehead atoms. The Balaban J connectivity index is 1.68. The second-order valence-electron chi connectivity index (χ2n) is 5.30. The van der Waals surface area contributed by atoms with Crippen LogP contribution >= 0.6 is 11.3 Å². The Kier molecular flexibility index (Phi) is 5.63. The fraction of sp³-hybridized carbons (Fsp3) is 0.235. The van der Waals surface area contributed by atoms with Crippen molar-refractivity contribution < 1.29 is 4.74 Å². The topological polar surface area (TPSA) is 98.0 Å². The van der Waals surface area contributed by atoms with E-state index in [1.54, 1.807) is 6.20 Å². The number of hydrogen-bond acceptors (Lipinski definition) is 8. The number of thiazole rings is 1. The average molecular weight is 356 g/mol. The molecule has 0 spiro atoms. The molecule has 3 aromatic rings. The molecule has 0 aliphatic heterocycles. The van der Waals surface area contributed by atoms with Gasteiger partial charge in [0.1, 0.15) is 17.8 Å². The third-order valence-electron chi connectivity index (χ3n) is 3.43. The van der Waals surface area contributed by atoms with E-state index in [9.17, 15) is 0 Å². The van der Waals surface area contributed by atoms with E-state index in [1.807, 2.05) is 29.6 Å². The van der Waals surface area contributed by atoms with E-state index in [1.165, 1.54) is 17.7 Å². The van der Waals surface area contributed by atoms with Gasteiger partial charge < -0.3 is 21.1 Å². The molecule has 0 atom stereocenters. The van der Waals surface area contributed by atoms with Gasteiger partial charge in [-0.2, -0.15) is 0 Å². The van der Waals surface area contributed by atoms with Crippen LogP contribution in [0.3, 0.4) is 0 Å². The molecule has 7 nitrogen and oxygen atoms in total. The lowest BCUT2D eigenvalue weighted by atomic mass is 10.3. The first-order valence-electron chi connectivity index (χ1n) is 8.03. The minimum Gasteiger partial charge on any atom is -0.494 e. The van der Waals surface area contributed by atoms with E-state index in [4.69, 9.17) is 10.5 Å². The van der Waals surface area contributed by atoms with E-state index in [-0.39, 0.29) is 0 Å². The number of nitrogens with two attached hydrogens (primary N) is 1. The Labute approximate surface area is 150 Å². The summed E-state index contributed by atoms with van der Waals surface area (Å²) >= 11 is 1.47. The Morgan fingerprint density at radius 2 is 1.84 bits per heavy atom. The number of benzene rings is 1. The highest BCUT2D eigenvalue weighted by molar-refractivity contribution is 7.13. The van der Waals surface area contributed by atoms with Crippen LogP contribution in [-0.2, 0) is 0 Å². The van der Waals surface area contributed by atoms with Crippen LogP contribution in [0.2, 0.25) is 0 Å². The number of hydrogen-bond donors (Lipinski definition) is 3. The number of anilines is 5. The molecule has 0 radical (unpaired) electrons. The number of nitrogen functional groups attached to an aromatic ring is 1. The minimum absolute atomic E-state index is 0.431. The molecule has 2 aromatic heterocycles. The van der Waals surface area contributed by atoms with Crippen LogP contribution < -0.4 is 21.1 Å².